The molecule has 0 aromatic heterocycles. The number of amides is 2. The number of aliphatic hydroxyl groups is 1. The smallest absolute Gasteiger partial charge is 0.318 e. The second-order valence-corrected chi connectivity index (χ2v) is 6.73. The largest absolute Gasteiger partial charge is 0.508 e. The van der Waals surface area contributed by atoms with Crippen molar-refractivity contribution in [1.82, 2.24) is 10.2 Å². The molecule has 5 heteroatoms. The van der Waals surface area contributed by atoms with Crippen molar-refractivity contribution < 1.29 is 15.0 Å². The SMILES string of the molecule is O=C(NC1CCc2c(O)cccc21)N1CCc2ccccc2C1CO. The van der Waals surface area contributed by atoms with Crippen LogP contribution in [0.5, 0.6) is 5.75 Å². The van der Waals surface area contributed by atoms with Gasteiger partial charge in [0.05, 0.1) is 18.7 Å². The fourth-order valence-electron chi connectivity index (χ4n) is 4.11. The lowest BCUT2D eigenvalue weighted by Gasteiger charge is -2.37. The molecule has 2 aromatic rings. The van der Waals surface area contributed by atoms with Crippen molar-refractivity contribution in [3.63, 3.8) is 0 Å². The molecular formula is C20H22N2O3. The van der Waals surface area contributed by atoms with Crippen LogP contribution in [0.15, 0.2) is 42.5 Å². The molecule has 0 radical (unpaired) electrons. The van der Waals surface area contributed by atoms with Crippen molar-refractivity contribution in [2.45, 2.75) is 31.3 Å². The van der Waals surface area contributed by atoms with Crippen LogP contribution >= 0.6 is 0 Å². The van der Waals surface area contributed by atoms with Crippen LogP contribution in [0, 0.1) is 0 Å². The standard InChI is InChI=1S/C20H22N2O3/c23-12-18-14-5-2-1-4-13(14)10-11-22(18)20(25)21-17-9-8-16-15(17)6-3-7-19(16)24/h1-7,17-18,23-24H,8-12H2,(H,21,25). The molecule has 2 atom stereocenters. The van der Waals surface area contributed by atoms with Gasteiger partial charge in [-0.3, -0.25) is 0 Å². The zero-order chi connectivity index (χ0) is 17.4. The third-order valence-corrected chi connectivity index (χ3v) is 5.39. The van der Waals surface area contributed by atoms with Gasteiger partial charge in [0.25, 0.3) is 0 Å². The summed E-state index contributed by atoms with van der Waals surface area (Å²) in [6.07, 6.45) is 2.34. The number of aliphatic hydroxyl groups excluding tert-OH is 1. The highest BCUT2D eigenvalue weighted by Crippen LogP contribution is 2.37. The van der Waals surface area contributed by atoms with E-state index < -0.39 is 0 Å². The van der Waals surface area contributed by atoms with Gasteiger partial charge < -0.3 is 20.4 Å². The predicted molar refractivity (Wildman–Crippen MR) is 94.4 cm³/mol. The summed E-state index contributed by atoms with van der Waals surface area (Å²) in [5.41, 5.74) is 4.14. The molecule has 5 nitrogen and oxygen atoms in total. The number of nitrogens with one attached hydrogen (secondary N) is 1. The molecule has 130 valence electrons. The van der Waals surface area contributed by atoms with Gasteiger partial charge in [0.15, 0.2) is 0 Å². The van der Waals surface area contributed by atoms with Crippen molar-refractivity contribution in [3.8, 4) is 5.75 Å². The number of hydrogen-bond donors (Lipinski definition) is 3. The first kappa shape index (κ1) is 16.0. The molecule has 1 aliphatic heterocycles. The van der Waals surface area contributed by atoms with E-state index in [1.54, 1.807) is 11.0 Å². The minimum atomic E-state index is -0.310. The molecule has 3 N–H and O–H groups in total. The minimum Gasteiger partial charge on any atom is -0.508 e. The third kappa shape index (κ3) is 2.74. The van der Waals surface area contributed by atoms with Crippen LogP contribution in [0.4, 0.5) is 4.79 Å². The average molecular weight is 338 g/mol. The molecule has 0 spiro atoms. The molecular weight excluding hydrogens is 316 g/mol. The van der Waals surface area contributed by atoms with E-state index in [1.165, 1.54) is 5.56 Å². The fourth-order valence-corrected chi connectivity index (χ4v) is 4.11. The Morgan fingerprint density at radius 2 is 1.92 bits per heavy atom. The second-order valence-electron chi connectivity index (χ2n) is 6.73. The van der Waals surface area contributed by atoms with Crippen LogP contribution < -0.4 is 5.32 Å². The van der Waals surface area contributed by atoms with Crippen LogP contribution in [0.2, 0.25) is 0 Å². The van der Waals surface area contributed by atoms with Gasteiger partial charge in [0.2, 0.25) is 0 Å². The van der Waals surface area contributed by atoms with Crippen molar-refractivity contribution >= 4 is 6.03 Å². The van der Waals surface area contributed by atoms with Crippen molar-refractivity contribution in [2.24, 2.45) is 0 Å². The summed E-state index contributed by atoms with van der Waals surface area (Å²) in [5.74, 6) is 0.300. The highest BCUT2D eigenvalue weighted by Gasteiger charge is 2.33. The Morgan fingerprint density at radius 1 is 1.12 bits per heavy atom. The molecule has 2 amide bonds. The first-order valence-electron chi connectivity index (χ1n) is 8.75. The number of carbonyl (C=O) groups is 1. The maximum absolute atomic E-state index is 12.9. The molecule has 4 rings (SSSR count). The summed E-state index contributed by atoms with van der Waals surface area (Å²) in [7, 11) is 0. The van der Waals surface area contributed by atoms with Gasteiger partial charge in [0.1, 0.15) is 5.75 Å². The summed E-state index contributed by atoms with van der Waals surface area (Å²) >= 11 is 0. The lowest BCUT2D eigenvalue weighted by molar-refractivity contribution is 0.125. The number of nitrogens with zero attached hydrogens (tertiary/aromatic N) is 1. The molecule has 2 unspecified atom stereocenters. The number of benzene rings is 2. The van der Waals surface area contributed by atoms with Crippen LogP contribution in [0.25, 0.3) is 0 Å². The molecule has 25 heavy (non-hydrogen) atoms. The number of fused-ring (bicyclic) bond motifs is 2. The van der Waals surface area contributed by atoms with Gasteiger partial charge in [-0.25, -0.2) is 4.79 Å². The summed E-state index contributed by atoms with van der Waals surface area (Å²) in [5, 5.41) is 22.9. The Balaban J connectivity index is 1.54. The van der Waals surface area contributed by atoms with Gasteiger partial charge in [-0.05, 0) is 47.6 Å². The number of urea groups is 1. The maximum atomic E-state index is 12.9. The summed E-state index contributed by atoms with van der Waals surface area (Å²) in [6, 6.07) is 12.9. The highest BCUT2D eigenvalue weighted by molar-refractivity contribution is 5.76. The van der Waals surface area contributed by atoms with Crippen molar-refractivity contribution in [2.75, 3.05) is 13.2 Å². The molecule has 0 bridgehead atoms. The first-order chi connectivity index (χ1) is 12.2. The topological polar surface area (TPSA) is 72.8 Å². The number of hydrogen-bond acceptors (Lipinski definition) is 3. The Bertz CT molecular complexity index is 805. The van der Waals surface area contributed by atoms with Crippen LogP contribution in [-0.4, -0.2) is 34.3 Å². The summed E-state index contributed by atoms with van der Waals surface area (Å²) < 4.78 is 0. The van der Waals surface area contributed by atoms with Crippen LogP contribution in [-0.2, 0) is 12.8 Å². The maximum Gasteiger partial charge on any atom is 0.318 e. The van der Waals surface area contributed by atoms with Gasteiger partial charge in [-0.1, -0.05) is 36.4 Å². The molecule has 0 saturated heterocycles. The monoisotopic (exact) mass is 338 g/mol. The number of phenols is 1. The van der Waals surface area contributed by atoms with Crippen molar-refractivity contribution in [1.29, 1.82) is 0 Å². The van der Waals surface area contributed by atoms with Gasteiger partial charge in [0, 0.05) is 6.54 Å². The van der Waals surface area contributed by atoms with E-state index in [0.29, 0.717) is 12.3 Å². The first-order valence-corrected chi connectivity index (χ1v) is 8.75. The minimum absolute atomic E-state index is 0.0908. The van der Waals surface area contributed by atoms with Gasteiger partial charge >= 0.3 is 6.03 Å². The summed E-state index contributed by atoms with van der Waals surface area (Å²) in [6.45, 7) is 0.500. The molecule has 0 saturated carbocycles. The highest BCUT2D eigenvalue weighted by atomic mass is 16.3. The van der Waals surface area contributed by atoms with Gasteiger partial charge in [-0.2, -0.15) is 0 Å². The number of rotatable bonds is 2. The van der Waals surface area contributed by atoms with E-state index in [9.17, 15) is 15.0 Å². The predicted octanol–water partition coefficient (Wildman–Crippen LogP) is 2.68. The number of phenolic OH excluding ortho intramolecular Hbond substituents is 1. The van der Waals surface area contributed by atoms with Crippen molar-refractivity contribution in [3.05, 3.63) is 64.7 Å². The average Bonchev–Trinajstić information content (AvgIpc) is 3.05. The zero-order valence-electron chi connectivity index (χ0n) is 14.0. The number of carbonyl (C=O) groups excluding carboxylic acids is 1. The van der Waals surface area contributed by atoms with E-state index >= 15 is 0 Å². The molecule has 1 heterocycles. The zero-order valence-corrected chi connectivity index (χ0v) is 14.0. The van der Waals surface area contributed by atoms with E-state index in [4.69, 9.17) is 0 Å². The quantitative estimate of drug-likeness (QED) is 0.788. The van der Waals surface area contributed by atoms with Crippen LogP contribution in [0.3, 0.4) is 0 Å². The third-order valence-electron chi connectivity index (χ3n) is 5.39. The van der Waals surface area contributed by atoms with E-state index in [-0.39, 0.29) is 24.7 Å². The fraction of sp³-hybridized carbons (Fsp3) is 0.350. The molecule has 0 fully saturated rings. The van der Waals surface area contributed by atoms with Gasteiger partial charge in [-0.15, -0.1) is 0 Å². The normalized spacial score (nSPS) is 21.6. The molecule has 2 aromatic carbocycles. The lowest BCUT2D eigenvalue weighted by Crippen LogP contribution is -2.47. The Labute approximate surface area is 146 Å². The van der Waals surface area contributed by atoms with E-state index in [1.807, 2.05) is 30.3 Å². The Hall–Kier alpha value is -2.53. The Kier molecular flexibility index (Phi) is 4.09. The van der Waals surface area contributed by atoms with Crippen LogP contribution in [0.1, 0.15) is 40.8 Å². The molecule has 1 aliphatic carbocycles. The Morgan fingerprint density at radius 3 is 2.76 bits per heavy atom. The van der Waals surface area contributed by atoms with E-state index in [0.717, 1.165) is 36.0 Å². The van der Waals surface area contributed by atoms with E-state index in [2.05, 4.69) is 11.4 Å². The lowest BCUT2D eigenvalue weighted by atomic mass is 9.93. The number of aromatic hydroxyl groups is 1. The second kappa shape index (κ2) is 6.41. The molecule has 2 aliphatic rings. The summed E-state index contributed by atoms with van der Waals surface area (Å²) in [4.78, 5) is 14.6.